The van der Waals surface area contributed by atoms with Crippen LogP contribution in [-0.4, -0.2) is 37.5 Å². The summed E-state index contributed by atoms with van der Waals surface area (Å²) in [5.41, 5.74) is 0. The van der Waals surface area contributed by atoms with Crippen molar-refractivity contribution in [1.29, 1.82) is 0 Å². The van der Waals surface area contributed by atoms with E-state index in [-0.39, 0.29) is 25.4 Å². The minimum atomic E-state index is -1.01. The Morgan fingerprint density at radius 2 is 1.75 bits per heavy atom. The van der Waals surface area contributed by atoms with E-state index in [1.807, 2.05) is 0 Å². The minimum absolute atomic E-state index is 0.0745. The van der Waals surface area contributed by atoms with Crippen molar-refractivity contribution in [3.8, 4) is 0 Å². The lowest BCUT2D eigenvalue weighted by Crippen LogP contribution is -2.30. The van der Waals surface area contributed by atoms with Gasteiger partial charge in [-0.15, -0.1) is 0 Å². The van der Waals surface area contributed by atoms with Crippen LogP contribution in [0.15, 0.2) is 11.8 Å². The molecule has 0 aromatic rings. The van der Waals surface area contributed by atoms with Gasteiger partial charge in [0.1, 0.15) is 11.7 Å². The van der Waals surface area contributed by atoms with Crippen molar-refractivity contribution in [2.24, 2.45) is 11.8 Å². The number of esters is 2. The summed E-state index contributed by atoms with van der Waals surface area (Å²) in [6, 6.07) is 0. The molecule has 0 unspecified atom stereocenters. The number of ether oxygens (including phenoxy) is 3. The summed E-state index contributed by atoms with van der Waals surface area (Å²) in [5, 5.41) is 0. The Morgan fingerprint density at radius 3 is 2.30 bits per heavy atom. The number of hydrogen-bond donors (Lipinski definition) is 0. The molecule has 112 valence electrons. The van der Waals surface area contributed by atoms with Gasteiger partial charge in [-0.25, -0.2) is 0 Å². The fourth-order valence-corrected chi connectivity index (χ4v) is 2.15. The summed E-state index contributed by atoms with van der Waals surface area (Å²) >= 11 is 0. The molecule has 0 fully saturated rings. The van der Waals surface area contributed by atoms with Crippen LogP contribution in [0.1, 0.15) is 27.2 Å². The molecular formula is C14H20O6. The first-order chi connectivity index (χ1) is 9.54. The Bertz CT molecular complexity index is 412. The van der Waals surface area contributed by atoms with Crippen LogP contribution in [0.2, 0.25) is 0 Å². The highest BCUT2D eigenvalue weighted by atomic mass is 16.5. The molecule has 0 aromatic heterocycles. The maximum atomic E-state index is 11.9. The van der Waals surface area contributed by atoms with Crippen LogP contribution in [0.3, 0.4) is 0 Å². The Kier molecular flexibility index (Phi) is 6.21. The van der Waals surface area contributed by atoms with E-state index >= 15 is 0 Å². The number of allylic oxidation sites excluding steroid dienone is 2. The zero-order chi connectivity index (χ0) is 15.1. The van der Waals surface area contributed by atoms with Crippen molar-refractivity contribution in [1.82, 2.24) is 0 Å². The van der Waals surface area contributed by atoms with Crippen LogP contribution >= 0.6 is 0 Å². The predicted molar refractivity (Wildman–Crippen MR) is 69.6 cm³/mol. The largest absolute Gasteiger partial charge is 0.498 e. The molecule has 2 atom stereocenters. The molecule has 0 aliphatic heterocycles. The van der Waals surface area contributed by atoms with Gasteiger partial charge in [0.15, 0.2) is 5.78 Å². The lowest BCUT2D eigenvalue weighted by molar-refractivity contribution is -0.153. The maximum Gasteiger partial charge on any atom is 0.317 e. The van der Waals surface area contributed by atoms with Crippen molar-refractivity contribution in [2.75, 3.05) is 19.8 Å². The van der Waals surface area contributed by atoms with Crippen molar-refractivity contribution in [2.45, 2.75) is 27.2 Å². The summed E-state index contributed by atoms with van der Waals surface area (Å²) in [6.07, 6.45) is 1.20. The molecule has 6 heteroatoms. The lowest BCUT2D eigenvalue weighted by Gasteiger charge is -2.19. The summed E-state index contributed by atoms with van der Waals surface area (Å²) in [6.45, 7) is 5.91. The molecular weight excluding hydrogens is 264 g/mol. The molecule has 0 N–H and O–H groups in total. The van der Waals surface area contributed by atoms with E-state index in [1.165, 1.54) is 6.08 Å². The van der Waals surface area contributed by atoms with Gasteiger partial charge in [-0.1, -0.05) is 0 Å². The molecule has 0 saturated heterocycles. The van der Waals surface area contributed by atoms with Crippen LogP contribution in [0.25, 0.3) is 0 Å². The first-order valence-corrected chi connectivity index (χ1v) is 6.75. The van der Waals surface area contributed by atoms with Gasteiger partial charge in [0, 0.05) is 12.0 Å². The molecule has 0 amide bonds. The average molecular weight is 284 g/mol. The van der Waals surface area contributed by atoms with Gasteiger partial charge in [0.2, 0.25) is 0 Å². The third kappa shape index (κ3) is 3.82. The molecule has 0 heterocycles. The van der Waals surface area contributed by atoms with Crippen molar-refractivity contribution >= 4 is 17.7 Å². The number of rotatable bonds is 7. The van der Waals surface area contributed by atoms with Crippen molar-refractivity contribution in [3.63, 3.8) is 0 Å². The quantitative estimate of drug-likeness (QED) is 0.517. The van der Waals surface area contributed by atoms with Crippen LogP contribution < -0.4 is 0 Å². The smallest absolute Gasteiger partial charge is 0.317 e. The summed E-state index contributed by atoms with van der Waals surface area (Å²) in [7, 11) is 0. The maximum absolute atomic E-state index is 11.9. The fourth-order valence-electron chi connectivity index (χ4n) is 2.15. The van der Waals surface area contributed by atoms with E-state index in [2.05, 4.69) is 0 Å². The van der Waals surface area contributed by atoms with Gasteiger partial charge >= 0.3 is 11.9 Å². The number of carbonyl (C=O) groups is 3. The van der Waals surface area contributed by atoms with Gasteiger partial charge in [-0.05, 0) is 20.8 Å². The molecule has 0 bridgehead atoms. The fraction of sp³-hybridized carbons (Fsp3) is 0.643. The van der Waals surface area contributed by atoms with E-state index < -0.39 is 23.8 Å². The average Bonchev–Trinajstić information content (AvgIpc) is 2.66. The van der Waals surface area contributed by atoms with E-state index in [1.54, 1.807) is 20.8 Å². The second kappa shape index (κ2) is 7.67. The van der Waals surface area contributed by atoms with Gasteiger partial charge < -0.3 is 14.2 Å². The highest BCUT2D eigenvalue weighted by Crippen LogP contribution is 2.34. The topological polar surface area (TPSA) is 78.9 Å². The van der Waals surface area contributed by atoms with Crippen molar-refractivity contribution < 1.29 is 28.6 Å². The zero-order valence-corrected chi connectivity index (χ0v) is 12.0. The van der Waals surface area contributed by atoms with E-state index in [0.29, 0.717) is 12.4 Å². The normalized spacial score (nSPS) is 21.4. The molecule has 20 heavy (non-hydrogen) atoms. The SMILES string of the molecule is CCOC(=O)C[C@H]1C(OCC)=CC(=O)[C@@H]1C(=O)OCC. The van der Waals surface area contributed by atoms with Gasteiger partial charge in [-0.3, -0.25) is 14.4 Å². The highest BCUT2D eigenvalue weighted by molar-refractivity contribution is 6.08. The van der Waals surface area contributed by atoms with Crippen LogP contribution in [-0.2, 0) is 28.6 Å². The highest BCUT2D eigenvalue weighted by Gasteiger charge is 2.44. The second-order valence-corrected chi connectivity index (χ2v) is 4.23. The monoisotopic (exact) mass is 284 g/mol. The number of hydrogen-bond acceptors (Lipinski definition) is 6. The first-order valence-electron chi connectivity index (χ1n) is 6.75. The third-order valence-electron chi connectivity index (χ3n) is 2.90. The van der Waals surface area contributed by atoms with Crippen LogP contribution in [0.5, 0.6) is 0 Å². The Balaban J connectivity index is 2.88. The van der Waals surface area contributed by atoms with E-state index in [0.717, 1.165) is 0 Å². The number of carbonyl (C=O) groups excluding carboxylic acids is 3. The van der Waals surface area contributed by atoms with Gasteiger partial charge in [0.05, 0.1) is 26.2 Å². The minimum Gasteiger partial charge on any atom is -0.498 e. The molecule has 0 radical (unpaired) electrons. The van der Waals surface area contributed by atoms with E-state index in [4.69, 9.17) is 14.2 Å². The van der Waals surface area contributed by atoms with Crippen LogP contribution in [0.4, 0.5) is 0 Å². The second-order valence-electron chi connectivity index (χ2n) is 4.23. The molecule has 0 saturated carbocycles. The van der Waals surface area contributed by atoms with E-state index in [9.17, 15) is 14.4 Å². The van der Waals surface area contributed by atoms with Gasteiger partial charge in [0.25, 0.3) is 0 Å². The zero-order valence-electron chi connectivity index (χ0n) is 12.0. The third-order valence-corrected chi connectivity index (χ3v) is 2.90. The Labute approximate surface area is 118 Å². The van der Waals surface area contributed by atoms with Gasteiger partial charge in [-0.2, -0.15) is 0 Å². The summed E-state index contributed by atoms with van der Waals surface area (Å²) < 4.78 is 15.1. The molecule has 0 spiro atoms. The molecule has 1 aliphatic carbocycles. The first kappa shape index (κ1) is 16.2. The molecule has 0 aromatic carbocycles. The summed E-state index contributed by atoms with van der Waals surface area (Å²) in [5.74, 6) is -2.78. The molecule has 1 aliphatic rings. The lowest BCUT2D eigenvalue weighted by atomic mass is 9.91. The van der Waals surface area contributed by atoms with Crippen LogP contribution in [0, 0.1) is 11.8 Å². The standard InChI is InChI=1S/C14H20O6/c1-4-18-11-8-10(15)13(14(17)20-6-3)9(11)7-12(16)19-5-2/h8-9,13H,4-7H2,1-3H3/t9-,13+/m0/s1. The molecule has 6 nitrogen and oxygen atoms in total. The van der Waals surface area contributed by atoms with Crippen molar-refractivity contribution in [3.05, 3.63) is 11.8 Å². The predicted octanol–water partition coefficient (Wildman–Crippen LogP) is 1.24. The molecule has 1 rings (SSSR count). The Morgan fingerprint density at radius 1 is 1.10 bits per heavy atom. The summed E-state index contributed by atoms with van der Waals surface area (Å²) in [4.78, 5) is 35.4. The Hall–Kier alpha value is -1.85. The number of ketones is 1.